The number of nitrogens with one attached hydrogen (secondary N) is 1. The summed E-state index contributed by atoms with van der Waals surface area (Å²) in [5.74, 6) is -0.736. The van der Waals surface area contributed by atoms with Gasteiger partial charge in [0.2, 0.25) is 0 Å². The van der Waals surface area contributed by atoms with Crippen molar-refractivity contribution < 1.29 is 23.9 Å². The van der Waals surface area contributed by atoms with E-state index in [1.54, 1.807) is 18.2 Å². The Bertz CT molecular complexity index is 636. The highest BCUT2D eigenvalue weighted by Crippen LogP contribution is 2.03. The summed E-state index contributed by atoms with van der Waals surface area (Å²) in [6.07, 6.45) is 4.19. The van der Waals surface area contributed by atoms with Crippen molar-refractivity contribution in [3.63, 3.8) is 0 Å². The molecule has 132 valence electrons. The van der Waals surface area contributed by atoms with Crippen molar-refractivity contribution in [3.05, 3.63) is 72.9 Å². The van der Waals surface area contributed by atoms with Crippen LogP contribution in [0.1, 0.15) is 12.0 Å². The molecule has 0 aliphatic rings. The number of benzene rings is 1. The molecule has 1 aromatic carbocycles. The van der Waals surface area contributed by atoms with Gasteiger partial charge in [-0.15, -0.1) is 0 Å². The van der Waals surface area contributed by atoms with Gasteiger partial charge in [-0.3, -0.25) is 0 Å². The highest BCUT2D eigenvalue weighted by atomic mass is 16.6. The normalized spacial score (nSPS) is 11.8. The maximum absolute atomic E-state index is 12.0. The number of hydrogen-bond donors (Lipinski definition) is 1. The molecule has 0 aliphatic heterocycles. The monoisotopic (exact) mass is 343 g/mol. The van der Waals surface area contributed by atoms with Crippen LogP contribution in [0.25, 0.3) is 0 Å². The quantitative estimate of drug-likeness (QED) is 0.401. The first-order valence-electron chi connectivity index (χ1n) is 7.62. The van der Waals surface area contributed by atoms with Crippen LogP contribution in [0.5, 0.6) is 0 Å². The number of alkyl carbamates (subject to hydrolysis) is 1. The fourth-order valence-corrected chi connectivity index (χ4v) is 1.80. The van der Waals surface area contributed by atoms with Gasteiger partial charge in [0.1, 0.15) is 25.5 Å². The lowest BCUT2D eigenvalue weighted by atomic mass is 10.2. The van der Waals surface area contributed by atoms with Gasteiger partial charge in [0.25, 0.3) is 0 Å². The van der Waals surface area contributed by atoms with Crippen molar-refractivity contribution >= 4 is 18.3 Å². The minimum atomic E-state index is -1.12. The number of aldehydes is 1. The van der Waals surface area contributed by atoms with Crippen LogP contribution in [0, 0.1) is 0 Å². The van der Waals surface area contributed by atoms with Crippen LogP contribution in [0.4, 0.5) is 4.79 Å². The summed E-state index contributed by atoms with van der Waals surface area (Å²) >= 11 is 0. The zero-order valence-electron chi connectivity index (χ0n) is 13.9. The first kappa shape index (κ1) is 19.9. The molecule has 0 aliphatic carbocycles. The van der Waals surface area contributed by atoms with Crippen molar-refractivity contribution in [2.75, 3.05) is 6.61 Å². The van der Waals surface area contributed by atoms with Crippen LogP contribution in [-0.2, 0) is 25.7 Å². The molecule has 1 amide bonds. The molecule has 0 heterocycles. The number of carbonyl (C=O) groups excluding carboxylic acids is 3. The second kappa shape index (κ2) is 11.4. The third-order valence-corrected chi connectivity index (χ3v) is 3.10. The zero-order chi connectivity index (χ0) is 18.5. The van der Waals surface area contributed by atoms with E-state index in [9.17, 15) is 14.4 Å². The van der Waals surface area contributed by atoms with Crippen molar-refractivity contribution in [1.82, 2.24) is 5.32 Å². The van der Waals surface area contributed by atoms with Gasteiger partial charge in [-0.05, 0) is 11.1 Å². The molecule has 1 atom stereocenters. The van der Waals surface area contributed by atoms with E-state index in [1.165, 1.54) is 12.2 Å². The summed E-state index contributed by atoms with van der Waals surface area (Å²) in [6, 6.07) is 7.96. The number of ether oxygens (including phenoxy) is 2. The summed E-state index contributed by atoms with van der Waals surface area (Å²) in [4.78, 5) is 34.6. The zero-order valence-corrected chi connectivity index (χ0v) is 13.9. The van der Waals surface area contributed by atoms with Gasteiger partial charge in [0.05, 0.1) is 0 Å². The van der Waals surface area contributed by atoms with E-state index >= 15 is 0 Å². The summed E-state index contributed by atoms with van der Waals surface area (Å²) in [5.41, 5.74) is 1.44. The van der Waals surface area contributed by atoms with E-state index in [-0.39, 0.29) is 19.6 Å². The Balaban J connectivity index is 2.53. The van der Waals surface area contributed by atoms with E-state index in [1.807, 2.05) is 18.2 Å². The minimum absolute atomic E-state index is 0.0372. The molecular formula is C19H21NO5. The van der Waals surface area contributed by atoms with E-state index < -0.39 is 18.1 Å². The maximum Gasteiger partial charge on any atom is 0.408 e. The molecule has 6 heteroatoms. The molecule has 25 heavy (non-hydrogen) atoms. The number of allylic oxidation sites excluding steroid dienone is 2. The molecule has 1 rings (SSSR count). The van der Waals surface area contributed by atoms with E-state index in [0.717, 1.165) is 5.56 Å². The Labute approximate surface area is 146 Å². The molecule has 1 aromatic rings. The van der Waals surface area contributed by atoms with Crippen LogP contribution in [-0.4, -0.2) is 31.0 Å². The fraction of sp³-hybridized carbons (Fsp3) is 0.211. The number of rotatable bonds is 10. The molecular weight excluding hydrogens is 322 g/mol. The van der Waals surface area contributed by atoms with Crippen LogP contribution in [0.3, 0.4) is 0 Å². The summed E-state index contributed by atoms with van der Waals surface area (Å²) in [5, 5.41) is 2.33. The van der Waals surface area contributed by atoms with Gasteiger partial charge in [-0.1, -0.05) is 61.7 Å². The molecule has 0 spiro atoms. The molecule has 1 N–H and O–H groups in total. The Morgan fingerprint density at radius 3 is 2.48 bits per heavy atom. The summed E-state index contributed by atoms with van der Waals surface area (Å²) in [7, 11) is 0. The number of esters is 1. The summed E-state index contributed by atoms with van der Waals surface area (Å²) < 4.78 is 10.1. The molecule has 0 saturated carbocycles. The molecule has 1 unspecified atom stereocenters. The van der Waals surface area contributed by atoms with E-state index in [4.69, 9.17) is 9.47 Å². The second-order valence-corrected chi connectivity index (χ2v) is 4.95. The first-order valence-corrected chi connectivity index (χ1v) is 7.62. The largest absolute Gasteiger partial charge is 0.459 e. The minimum Gasteiger partial charge on any atom is -0.459 e. The van der Waals surface area contributed by atoms with Gasteiger partial charge >= 0.3 is 12.1 Å². The standard InChI is InChI=1S/C19H21NO5/c1-3-8-15(4-2)13-24-18(22)17(11-12-21)20-19(23)25-14-16-9-6-5-7-10-16/h3-10,12,17H,1-2,11,13-14H2,(H,20,23)/b15-8+. The first-order chi connectivity index (χ1) is 12.1. The predicted molar refractivity (Wildman–Crippen MR) is 93.7 cm³/mol. The maximum atomic E-state index is 12.0. The topological polar surface area (TPSA) is 81.7 Å². The van der Waals surface area contributed by atoms with Crippen LogP contribution < -0.4 is 5.32 Å². The third kappa shape index (κ3) is 7.78. The van der Waals surface area contributed by atoms with Crippen LogP contribution >= 0.6 is 0 Å². The number of hydrogen-bond acceptors (Lipinski definition) is 5. The Kier molecular flexibility index (Phi) is 9.07. The highest BCUT2D eigenvalue weighted by molar-refractivity contribution is 5.83. The lowest BCUT2D eigenvalue weighted by Crippen LogP contribution is -2.42. The molecule has 0 radical (unpaired) electrons. The van der Waals surface area contributed by atoms with Gasteiger partial charge in [0, 0.05) is 6.42 Å². The van der Waals surface area contributed by atoms with Gasteiger partial charge in [-0.2, -0.15) is 0 Å². The van der Waals surface area contributed by atoms with Crippen molar-refractivity contribution in [2.45, 2.75) is 19.1 Å². The van der Waals surface area contributed by atoms with Gasteiger partial charge in [0.15, 0.2) is 0 Å². The van der Waals surface area contributed by atoms with E-state index in [0.29, 0.717) is 11.9 Å². The number of amides is 1. The highest BCUT2D eigenvalue weighted by Gasteiger charge is 2.22. The fourth-order valence-electron chi connectivity index (χ4n) is 1.80. The van der Waals surface area contributed by atoms with Gasteiger partial charge in [-0.25, -0.2) is 9.59 Å². The second-order valence-electron chi connectivity index (χ2n) is 4.95. The van der Waals surface area contributed by atoms with Crippen molar-refractivity contribution in [2.24, 2.45) is 0 Å². The van der Waals surface area contributed by atoms with Crippen LogP contribution in [0.15, 0.2) is 67.3 Å². The average molecular weight is 343 g/mol. The summed E-state index contributed by atoms with van der Waals surface area (Å²) in [6.45, 7) is 7.14. The average Bonchev–Trinajstić information content (AvgIpc) is 2.63. The Morgan fingerprint density at radius 1 is 1.16 bits per heavy atom. The molecule has 0 saturated heterocycles. The molecule has 0 bridgehead atoms. The molecule has 0 aromatic heterocycles. The Hall–Kier alpha value is -3.15. The smallest absolute Gasteiger partial charge is 0.408 e. The van der Waals surface area contributed by atoms with E-state index in [2.05, 4.69) is 18.5 Å². The molecule has 0 fully saturated rings. The third-order valence-electron chi connectivity index (χ3n) is 3.10. The molecule has 6 nitrogen and oxygen atoms in total. The van der Waals surface area contributed by atoms with Crippen molar-refractivity contribution in [1.29, 1.82) is 0 Å². The lowest BCUT2D eigenvalue weighted by molar-refractivity contribution is -0.145. The Morgan fingerprint density at radius 2 is 1.88 bits per heavy atom. The number of carbonyl (C=O) groups is 3. The predicted octanol–water partition coefficient (Wildman–Crippen LogP) is 2.71. The SMILES string of the molecule is C=C/C=C(\C=C)COC(=O)C(CC=O)NC(=O)OCc1ccccc1. The van der Waals surface area contributed by atoms with Crippen molar-refractivity contribution in [3.8, 4) is 0 Å². The lowest BCUT2D eigenvalue weighted by Gasteiger charge is -2.15. The van der Waals surface area contributed by atoms with Crippen LogP contribution in [0.2, 0.25) is 0 Å². The van der Waals surface area contributed by atoms with Gasteiger partial charge < -0.3 is 19.6 Å².